The average Bonchev–Trinajstić information content (AvgIpc) is 3.40. The molecule has 8 nitrogen and oxygen atoms in total. The number of carbonyl (C=O) groups excluding carboxylic acids is 2. The Balaban J connectivity index is 1.63. The number of likely N-dealkylation sites (tertiary alicyclic amines) is 1. The minimum atomic E-state index is -0.802. The Morgan fingerprint density at radius 3 is 2.39 bits per heavy atom. The van der Waals surface area contributed by atoms with Crippen LogP contribution >= 0.6 is 0 Å². The van der Waals surface area contributed by atoms with E-state index in [1.54, 1.807) is 35.5 Å². The number of nitrogens with zero attached hydrogens (tertiary/aromatic N) is 4. The minimum Gasteiger partial charge on any atom is -0.366 e. The van der Waals surface area contributed by atoms with Gasteiger partial charge < -0.3 is 20.5 Å². The number of benzene rings is 2. The van der Waals surface area contributed by atoms with Gasteiger partial charge in [-0.3, -0.25) is 14.5 Å². The first kappa shape index (κ1) is 25.4. The summed E-state index contributed by atoms with van der Waals surface area (Å²) in [6.45, 7) is 7.60. The summed E-state index contributed by atoms with van der Waals surface area (Å²) in [6.07, 6.45) is 5.10. The van der Waals surface area contributed by atoms with E-state index in [0.717, 1.165) is 43.9 Å². The van der Waals surface area contributed by atoms with Gasteiger partial charge in [0.05, 0.1) is 17.6 Å². The lowest BCUT2D eigenvalue weighted by molar-refractivity contribution is 0.0772. The van der Waals surface area contributed by atoms with Crippen LogP contribution in [0.3, 0.4) is 0 Å². The molecule has 3 aromatic rings. The van der Waals surface area contributed by atoms with Gasteiger partial charge in [-0.05, 0) is 63.1 Å². The molecule has 0 saturated carbocycles. The highest BCUT2D eigenvalue weighted by molar-refractivity contribution is 5.95. The number of nitrogens with one attached hydrogen (secondary N) is 1. The molecule has 1 aliphatic heterocycles. The number of nitrogens with two attached hydrogens (primary N) is 1. The van der Waals surface area contributed by atoms with Crippen molar-refractivity contribution in [2.45, 2.75) is 39.3 Å². The van der Waals surface area contributed by atoms with E-state index in [4.69, 9.17) is 5.73 Å². The van der Waals surface area contributed by atoms with Crippen molar-refractivity contribution >= 4 is 23.2 Å². The topological polar surface area (TPSA) is 98.6 Å². The largest absolute Gasteiger partial charge is 0.366 e. The summed E-state index contributed by atoms with van der Waals surface area (Å²) in [7, 11) is 0. The molecule has 2 amide bonds. The zero-order chi connectivity index (χ0) is 25.7. The Hall–Kier alpha value is -3.72. The first-order valence-corrected chi connectivity index (χ1v) is 12.4. The third kappa shape index (κ3) is 5.41. The van der Waals surface area contributed by atoms with Crippen LogP contribution in [0.2, 0.25) is 0 Å². The molecule has 190 valence electrons. The number of H-pyrrole nitrogens is 1. The van der Waals surface area contributed by atoms with Crippen molar-refractivity contribution in [1.29, 1.82) is 0 Å². The predicted molar refractivity (Wildman–Crippen MR) is 138 cm³/mol. The van der Waals surface area contributed by atoms with Gasteiger partial charge in [-0.15, -0.1) is 0 Å². The molecule has 9 heteroatoms. The number of imidazole rings is 1. The molecule has 2 heterocycles. The van der Waals surface area contributed by atoms with Crippen molar-refractivity contribution in [3.05, 3.63) is 77.6 Å². The van der Waals surface area contributed by atoms with Gasteiger partial charge in [-0.1, -0.05) is 6.07 Å². The van der Waals surface area contributed by atoms with Crippen molar-refractivity contribution < 1.29 is 14.0 Å². The Morgan fingerprint density at radius 1 is 1.11 bits per heavy atom. The van der Waals surface area contributed by atoms with E-state index >= 15 is 4.39 Å². The molecule has 0 bridgehead atoms. The number of hydrogen-bond donors (Lipinski definition) is 2. The van der Waals surface area contributed by atoms with E-state index in [0.29, 0.717) is 24.3 Å². The van der Waals surface area contributed by atoms with E-state index in [2.05, 4.69) is 14.9 Å². The summed E-state index contributed by atoms with van der Waals surface area (Å²) in [4.78, 5) is 37.9. The molecule has 0 aliphatic carbocycles. The lowest BCUT2D eigenvalue weighted by Crippen LogP contribution is -2.43. The van der Waals surface area contributed by atoms with Crippen LogP contribution in [-0.2, 0) is 6.54 Å². The summed E-state index contributed by atoms with van der Waals surface area (Å²) in [5, 5.41) is 0. The number of piperidine rings is 1. The summed E-state index contributed by atoms with van der Waals surface area (Å²) in [6, 6.07) is 12.0. The minimum absolute atomic E-state index is 0.00461. The van der Waals surface area contributed by atoms with Gasteiger partial charge in [-0.25, -0.2) is 9.37 Å². The van der Waals surface area contributed by atoms with Crippen LogP contribution in [0.4, 0.5) is 15.8 Å². The number of aromatic nitrogens is 2. The lowest BCUT2D eigenvalue weighted by atomic mass is 9.99. The lowest BCUT2D eigenvalue weighted by Gasteiger charge is -2.40. The van der Waals surface area contributed by atoms with Crippen molar-refractivity contribution in [3.63, 3.8) is 0 Å². The van der Waals surface area contributed by atoms with Gasteiger partial charge in [0.2, 0.25) is 0 Å². The monoisotopic (exact) mass is 492 g/mol. The Bertz CT molecular complexity index is 1170. The molecule has 1 fully saturated rings. The number of rotatable bonds is 9. The number of anilines is 2. The maximum atomic E-state index is 15.5. The van der Waals surface area contributed by atoms with Crippen molar-refractivity contribution in [3.8, 4) is 0 Å². The second-order valence-electron chi connectivity index (χ2n) is 8.98. The fourth-order valence-electron chi connectivity index (χ4n) is 4.85. The van der Waals surface area contributed by atoms with Gasteiger partial charge in [-0.2, -0.15) is 0 Å². The third-order valence-electron chi connectivity index (χ3n) is 6.82. The van der Waals surface area contributed by atoms with Crippen LogP contribution < -0.4 is 10.6 Å². The Morgan fingerprint density at radius 2 is 1.81 bits per heavy atom. The smallest absolute Gasteiger partial charge is 0.253 e. The molecule has 3 N–H and O–H groups in total. The highest BCUT2D eigenvalue weighted by Gasteiger charge is 2.29. The second kappa shape index (κ2) is 11.3. The van der Waals surface area contributed by atoms with E-state index in [1.807, 2.05) is 37.1 Å². The maximum Gasteiger partial charge on any atom is 0.253 e. The highest BCUT2D eigenvalue weighted by atomic mass is 19.1. The van der Waals surface area contributed by atoms with Crippen LogP contribution in [0, 0.1) is 5.82 Å². The van der Waals surface area contributed by atoms with E-state index in [-0.39, 0.29) is 17.5 Å². The molecule has 1 aromatic heterocycles. The predicted octanol–water partition coefficient (Wildman–Crippen LogP) is 3.93. The SMILES string of the molecule is CCN(CC)C(=O)c1ccc(N(c2cccc(C(N)=O)c2F)C2CCN(Cc3cnc[nH]3)CC2)cc1. The van der Waals surface area contributed by atoms with Crippen molar-refractivity contribution in [1.82, 2.24) is 19.8 Å². The van der Waals surface area contributed by atoms with Crippen LogP contribution in [0.15, 0.2) is 55.0 Å². The highest BCUT2D eigenvalue weighted by Crippen LogP contribution is 2.35. The van der Waals surface area contributed by atoms with E-state index in [9.17, 15) is 9.59 Å². The number of aromatic amines is 1. The third-order valence-corrected chi connectivity index (χ3v) is 6.82. The summed E-state index contributed by atoms with van der Waals surface area (Å²) in [5.41, 5.74) is 8.01. The molecule has 0 atom stereocenters. The molecule has 0 unspecified atom stereocenters. The standard InChI is InChI=1S/C27H33FN6O2/c1-3-33(4-2)27(36)19-8-10-21(11-9-19)34(24-7-5-6-23(25(24)28)26(29)35)22-12-14-32(15-13-22)17-20-16-30-18-31-20/h5-11,16,18,22H,3-4,12-15,17H2,1-2H3,(H2,29,35)(H,30,31). The summed E-state index contributed by atoms with van der Waals surface area (Å²) in [5.74, 6) is -1.47. The van der Waals surface area contributed by atoms with E-state index in [1.165, 1.54) is 6.07 Å². The molecule has 4 rings (SSSR count). The summed E-state index contributed by atoms with van der Waals surface area (Å²) < 4.78 is 15.5. The molecule has 2 aromatic carbocycles. The molecule has 1 aliphatic rings. The maximum absolute atomic E-state index is 15.5. The van der Waals surface area contributed by atoms with Crippen LogP contribution in [-0.4, -0.2) is 63.8 Å². The number of carbonyl (C=O) groups is 2. The Kier molecular flexibility index (Phi) is 8.00. The van der Waals surface area contributed by atoms with Crippen molar-refractivity contribution in [2.75, 3.05) is 31.1 Å². The second-order valence-corrected chi connectivity index (χ2v) is 8.98. The summed E-state index contributed by atoms with van der Waals surface area (Å²) >= 11 is 0. The van der Waals surface area contributed by atoms with Gasteiger partial charge in [0.15, 0.2) is 5.82 Å². The molecule has 0 radical (unpaired) electrons. The fourth-order valence-corrected chi connectivity index (χ4v) is 4.85. The first-order valence-electron chi connectivity index (χ1n) is 12.4. The first-order chi connectivity index (χ1) is 17.4. The van der Waals surface area contributed by atoms with Gasteiger partial charge in [0.25, 0.3) is 11.8 Å². The molecule has 36 heavy (non-hydrogen) atoms. The van der Waals surface area contributed by atoms with E-state index < -0.39 is 11.7 Å². The van der Waals surface area contributed by atoms with Gasteiger partial charge >= 0.3 is 0 Å². The van der Waals surface area contributed by atoms with Crippen molar-refractivity contribution in [2.24, 2.45) is 5.73 Å². The molecule has 1 saturated heterocycles. The number of halogens is 1. The van der Waals surface area contributed by atoms with Crippen LogP contribution in [0.1, 0.15) is 53.1 Å². The molecular formula is C27H33FN6O2. The fraction of sp³-hybridized carbons (Fsp3) is 0.370. The zero-order valence-electron chi connectivity index (χ0n) is 20.8. The number of amides is 2. The zero-order valence-corrected chi connectivity index (χ0v) is 20.8. The van der Waals surface area contributed by atoms with Crippen LogP contribution in [0.25, 0.3) is 0 Å². The van der Waals surface area contributed by atoms with Crippen LogP contribution in [0.5, 0.6) is 0 Å². The Labute approximate surface area is 210 Å². The average molecular weight is 493 g/mol. The van der Waals surface area contributed by atoms with Gasteiger partial charge in [0, 0.05) is 61.9 Å². The number of primary amides is 1. The molecule has 0 spiro atoms. The quantitative estimate of drug-likeness (QED) is 0.472. The molecular weight excluding hydrogens is 459 g/mol. The van der Waals surface area contributed by atoms with Gasteiger partial charge in [0.1, 0.15) is 0 Å². The number of hydrogen-bond acceptors (Lipinski definition) is 5. The normalized spacial score (nSPS) is 14.5.